The summed E-state index contributed by atoms with van der Waals surface area (Å²) in [5, 5.41) is 13.0. The number of rotatable bonds is 8. The van der Waals surface area contributed by atoms with Crippen LogP contribution in [0.25, 0.3) is 54.2 Å². The molecule has 1 aliphatic rings. The molecule has 0 N–H and O–H groups in total. The molecule has 1 aliphatic carbocycles. The fourth-order valence-corrected chi connectivity index (χ4v) is 12.9. The quantitative estimate of drug-likeness (QED) is 0.111. The zero-order valence-corrected chi connectivity index (χ0v) is 40.9. The van der Waals surface area contributed by atoms with Gasteiger partial charge in [0, 0.05) is 38.9 Å². The summed E-state index contributed by atoms with van der Waals surface area (Å²) in [4.78, 5) is 4.94. The lowest BCUT2D eigenvalue weighted by molar-refractivity contribution is 0.645. The Morgan fingerprint density at radius 2 is 0.800 bits per heavy atom. The Morgan fingerprint density at radius 3 is 1.35 bits per heavy atom. The van der Waals surface area contributed by atoms with Gasteiger partial charge in [0.25, 0.3) is 0 Å². The zero-order valence-electron chi connectivity index (χ0n) is 38.9. The highest BCUT2D eigenvalue weighted by molar-refractivity contribution is 6.89. The van der Waals surface area contributed by atoms with Gasteiger partial charge >= 0.3 is 0 Å². The second-order valence-electron chi connectivity index (χ2n) is 20.7. The van der Waals surface area contributed by atoms with Gasteiger partial charge in [0.1, 0.15) is 0 Å². The van der Waals surface area contributed by atoms with Crippen LogP contribution in [0, 0.1) is 0 Å². The van der Waals surface area contributed by atoms with E-state index in [-0.39, 0.29) is 5.41 Å². The Bertz CT molecular complexity index is 3470. The topological polar surface area (TPSA) is 6.48 Å². The first-order valence-electron chi connectivity index (χ1n) is 23.2. The first-order valence-corrected chi connectivity index (χ1v) is 30.2. The van der Waals surface area contributed by atoms with E-state index in [0.717, 1.165) is 5.69 Å². The molecule has 0 saturated heterocycles. The summed E-state index contributed by atoms with van der Waals surface area (Å²) < 4.78 is 0. The standard InChI is InChI=1S/C61H56N2Si2/c1-61(2)56-23-15-22-53-54-39-46(62(44-28-33-48(34-29-44)64(3,4)5)58-24-13-18-41-16-9-11-20-50(41)58)27-26-43(54)38-55(60(53)56)52-37-32-47(40-57(52)61)63(45-30-35-49(36-31-45)65(6,7)8)59-25-14-19-42-17-10-12-21-51(42)59/h9-40H,1-8H3. The molecular formula is C61H56N2Si2. The van der Waals surface area contributed by atoms with Gasteiger partial charge in [0.2, 0.25) is 0 Å². The van der Waals surface area contributed by atoms with Crippen LogP contribution in [-0.2, 0) is 5.41 Å². The van der Waals surface area contributed by atoms with Crippen LogP contribution in [0.5, 0.6) is 0 Å². The average molecular weight is 873 g/mol. The number of anilines is 6. The molecule has 318 valence electrons. The lowest BCUT2D eigenvalue weighted by Crippen LogP contribution is -2.37. The van der Waals surface area contributed by atoms with Crippen molar-refractivity contribution >= 4 is 104 Å². The fraction of sp³-hybridized carbons (Fsp3) is 0.148. The van der Waals surface area contributed by atoms with E-state index in [1.807, 2.05) is 0 Å². The highest BCUT2D eigenvalue weighted by Gasteiger charge is 2.35. The van der Waals surface area contributed by atoms with Crippen LogP contribution < -0.4 is 20.2 Å². The maximum Gasteiger partial charge on any atom is 0.0775 e. The molecule has 0 heterocycles. The van der Waals surface area contributed by atoms with E-state index in [4.69, 9.17) is 0 Å². The summed E-state index contributed by atoms with van der Waals surface area (Å²) in [6, 6.07) is 73.5. The molecule has 2 nitrogen and oxygen atoms in total. The normalized spacial score (nSPS) is 13.4. The van der Waals surface area contributed by atoms with E-state index in [1.54, 1.807) is 0 Å². The lowest BCUT2D eigenvalue weighted by Gasteiger charge is -2.37. The number of fused-ring (bicyclic) bond motifs is 6. The van der Waals surface area contributed by atoms with E-state index in [2.05, 4.69) is 257 Å². The molecular weight excluding hydrogens is 817 g/mol. The first-order chi connectivity index (χ1) is 31.3. The van der Waals surface area contributed by atoms with Gasteiger partial charge in [-0.3, -0.25) is 0 Å². The third-order valence-corrected chi connectivity index (χ3v) is 18.2. The van der Waals surface area contributed by atoms with Crippen molar-refractivity contribution in [2.24, 2.45) is 0 Å². The first kappa shape index (κ1) is 41.0. The predicted molar refractivity (Wildman–Crippen MR) is 289 cm³/mol. The summed E-state index contributed by atoms with van der Waals surface area (Å²) in [6.07, 6.45) is 0. The maximum absolute atomic E-state index is 2.48. The van der Waals surface area contributed by atoms with E-state index in [1.165, 1.54) is 104 Å². The number of hydrogen-bond donors (Lipinski definition) is 0. The SMILES string of the molecule is CC1(C)c2cc(N(c3ccc([Si](C)(C)C)cc3)c3cccc4ccccc34)ccc2-c2cc3ccc(N(c4ccc([Si](C)(C)C)cc4)c4cccc5ccccc45)cc3c3cccc1c23. The summed E-state index contributed by atoms with van der Waals surface area (Å²) in [5.74, 6) is 0. The molecule has 0 unspecified atom stereocenters. The van der Waals surface area contributed by atoms with Crippen LogP contribution in [0.2, 0.25) is 39.3 Å². The molecule has 0 bridgehead atoms. The lowest BCUT2D eigenvalue weighted by atomic mass is 9.68. The minimum atomic E-state index is -1.49. The number of nitrogens with zero attached hydrogens (tertiary/aromatic N) is 2. The highest BCUT2D eigenvalue weighted by atomic mass is 28.3. The van der Waals surface area contributed by atoms with Gasteiger partial charge in [0.05, 0.1) is 27.5 Å². The molecule has 0 aromatic heterocycles. The third kappa shape index (κ3) is 6.90. The van der Waals surface area contributed by atoms with Crippen molar-refractivity contribution in [1.29, 1.82) is 0 Å². The van der Waals surface area contributed by atoms with Gasteiger partial charge in [-0.15, -0.1) is 0 Å². The number of benzene rings is 10. The zero-order chi connectivity index (χ0) is 44.8. The summed E-state index contributed by atoms with van der Waals surface area (Å²) >= 11 is 0. The second-order valence-corrected chi connectivity index (χ2v) is 30.8. The predicted octanol–water partition coefficient (Wildman–Crippen LogP) is 16.6. The monoisotopic (exact) mass is 872 g/mol. The minimum absolute atomic E-state index is 0.262. The fourth-order valence-electron chi connectivity index (χ4n) is 10.5. The Hall–Kier alpha value is -6.73. The van der Waals surface area contributed by atoms with Crippen molar-refractivity contribution in [3.8, 4) is 11.1 Å². The Labute approximate surface area is 386 Å². The van der Waals surface area contributed by atoms with Gasteiger partial charge in [-0.05, 0) is 121 Å². The van der Waals surface area contributed by atoms with Gasteiger partial charge in [-0.1, -0.05) is 191 Å². The van der Waals surface area contributed by atoms with Crippen LogP contribution in [-0.4, -0.2) is 16.1 Å². The Balaban J connectivity index is 1.09. The van der Waals surface area contributed by atoms with Crippen molar-refractivity contribution in [2.45, 2.75) is 58.5 Å². The van der Waals surface area contributed by atoms with Crippen LogP contribution >= 0.6 is 0 Å². The summed E-state index contributed by atoms with van der Waals surface area (Å²) in [6.45, 7) is 19.4. The van der Waals surface area contributed by atoms with Gasteiger partial charge in [0.15, 0.2) is 0 Å². The minimum Gasteiger partial charge on any atom is -0.310 e. The van der Waals surface area contributed by atoms with Crippen molar-refractivity contribution in [3.05, 3.63) is 205 Å². The summed E-state index contributed by atoms with van der Waals surface area (Å²) in [7, 11) is -2.97. The van der Waals surface area contributed by atoms with Crippen LogP contribution in [0.3, 0.4) is 0 Å². The van der Waals surface area contributed by atoms with Crippen molar-refractivity contribution in [3.63, 3.8) is 0 Å². The van der Waals surface area contributed by atoms with E-state index in [9.17, 15) is 0 Å². The van der Waals surface area contributed by atoms with Crippen LogP contribution in [0.4, 0.5) is 34.1 Å². The number of hydrogen-bond acceptors (Lipinski definition) is 2. The van der Waals surface area contributed by atoms with Gasteiger partial charge in [-0.25, -0.2) is 0 Å². The van der Waals surface area contributed by atoms with Crippen LogP contribution in [0.1, 0.15) is 25.0 Å². The van der Waals surface area contributed by atoms with Crippen LogP contribution in [0.15, 0.2) is 194 Å². The molecule has 65 heavy (non-hydrogen) atoms. The average Bonchev–Trinajstić information content (AvgIpc) is 3.31. The third-order valence-electron chi connectivity index (χ3n) is 14.1. The largest absolute Gasteiger partial charge is 0.310 e. The maximum atomic E-state index is 2.48. The molecule has 11 rings (SSSR count). The van der Waals surface area contributed by atoms with E-state index >= 15 is 0 Å². The van der Waals surface area contributed by atoms with Crippen molar-refractivity contribution < 1.29 is 0 Å². The smallest absolute Gasteiger partial charge is 0.0775 e. The molecule has 0 fully saturated rings. The molecule has 0 aliphatic heterocycles. The molecule has 10 aromatic carbocycles. The Morgan fingerprint density at radius 1 is 0.338 bits per heavy atom. The van der Waals surface area contributed by atoms with Gasteiger partial charge in [-0.2, -0.15) is 0 Å². The van der Waals surface area contributed by atoms with Gasteiger partial charge < -0.3 is 9.80 Å². The summed E-state index contributed by atoms with van der Waals surface area (Å²) in [5.41, 5.74) is 12.1. The molecule has 0 saturated carbocycles. The second kappa shape index (κ2) is 15.2. The molecule has 0 atom stereocenters. The molecule has 0 amide bonds. The van der Waals surface area contributed by atoms with Crippen molar-refractivity contribution in [2.75, 3.05) is 9.80 Å². The highest BCUT2D eigenvalue weighted by Crippen LogP contribution is 2.53. The van der Waals surface area contributed by atoms with E-state index in [0.29, 0.717) is 0 Å². The molecule has 4 heteroatoms. The molecule has 0 spiro atoms. The molecule has 0 radical (unpaired) electrons. The Kier molecular flexibility index (Phi) is 9.58. The molecule has 10 aromatic rings. The van der Waals surface area contributed by atoms with E-state index < -0.39 is 16.1 Å². The van der Waals surface area contributed by atoms with Crippen molar-refractivity contribution in [1.82, 2.24) is 0 Å².